The van der Waals surface area contributed by atoms with Crippen molar-refractivity contribution in [2.75, 3.05) is 17.2 Å². The number of carbonyl (C=O) groups is 1. The fourth-order valence-corrected chi connectivity index (χ4v) is 6.48. The van der Waals surface area contributed by atoms with Gasteiger partial charge in [0.05, 0.1) is 23.5 Å². The van der Waals surface area contributed by atoms with Crippen LogP contribution in [0.3, 0.4) is 0 Å². The van der Waals surface area contributed by atoms with Crippen molar-refractivity contribution in [1.29, 1.82) is 0 Å². The van der Waals surface area contributed by atoms with Gasteiger partial charge in [0, 0.05) is 12.1 Å². The molecule has 2 N–H and O–H groups in total. The molecule has 0 saturated heterocycles. The first-order chi connectivity index (χ1) is 14.6. The topological polar surface area (TPSA) is 50.4 Å². The van der Waals surface area contributed by atoms with Gasteiger partial charge in [0.2, 0.25) is 0 Å². The Labute approximate surface area is 179 Å². The monoisotopic (exact) mass is 404 g/mol. The third-order valence-electron chi connectivity index (χ3n) is 7.29. The lowest BCUT2D eigenvalue weighted by molar-refractivity contribution is 0.0107. The number of ether oxygens (including phenoxy) is 1. The zero-order chi connectivity index (χ0) is 20.6. The Bertz CT molecular complexity index is 873. The lowest BCUT2D eigenvalue weighted by Gasteiger charge is -2.57. The molecule has 0 radical (unpaired) electrons. The first-order valence-corrected chi connectivity index (χ1v) is 11.5. The van der Waals surface area contributed by atoms with Gasteiger partial charge >= 0.3 is 5.97 Å². The summed E-state index contributed by atoms with van der Waals surface area (Å²) >= 11 is 0. The second-order valence-electron chi connectivity index (χ2n) is 9.64. The standard InChI is InChI=1S/C26H32N2O2/c1-2-30-25(29)22-8-9-23(24(13-22)27-17-18-6-4-3-5-7-18)28-26-14-19-10-20(15-26)12-21(11-19)16-26/h3-9,13,19-21,27-28H,2,10-12,14-17H2,1H3. The molecule has 158 valence electrons. The summed E-state index contributed by atoms with van der Waals surface area (Å²) < 4.78 is 5.23. The van der Waals surface area contributed by atoms with E-state index in [-0.39, 0.29) is 11.5 Å². The molecule has 30 heavy (non-hydrogen) atoms. The van der Waals surface area contributed by atoms with Crippen LogP contribution in [0.1, 0.15) is 61.4 Å². The largest absolute Gasteiger partial charge is 0.462 e. The van der Waals surface area contributed by atoms with Gasteiger partial charge in [0.15, 0.2) is 0 Å². The molecule has 4 saturated carbocycles. The van der Waals surface area contributed by atoms with Gasteiger partial charge in [-0.25, -0.2) is 4.79 Å². The third kappa shape index (κ3) is 3.92. The lowest BCUT2D eigenvalue weighted by atomic mass is 9.53. The minimum atomic E-state index is -0.262. The molecule has 4 bridgehead atoms. The summed E-state index contributed by atoms with van der Waals surface area (Å²) in [5, 5.41) is 7.55. The van der Waals surface area contributed by atoms with Crippen LogP contribution in [0.5, 0.6) is 0 Å². The maximum atomic E-state index is 12.3. The highest BCUT2D eigenvalue weighted by atomic mass is 16.5. The number of benzene rings is 2. The minimum absolute atomic E-state index is 0.226. The van der Waals surface area contributed by atoms with Crippen LogP contribution in [0.4, 0.5) is 11.4 Å². The molecule has 6 rings (SSSR count). The Hall–Kier alpha value is -2.49. The number of nitrogens with one attached hydrogen (secondary N) is 2. The van der Waals surface area contributed by atoms with Crippen molar-refractivity contribution in [3.05, 3.63) is 59.7 Å². The number of esters is 1. The van der Waals surface area contributed by atoms with E-state index in [0.29, 0.717) is 12.2 Å². The van der Waals surface area contributed by atoms with Crippen molar-refractivity contribution in [2.45, 2.75) is 57.5 Å². The van der Waals surface area contributed by atoms with Gasteiger partial charge in [0.1, 0.15) is 0 Å². The zero-order valence-corrected chi connectivity index (χ0v) is 17.8. The van der Waals surface area contributed by atoms with E-state index in [9.17, 15) is 4.79 Å². The van der Waals surface area contributed by atoms with Crippen molar-refractivity contribution >= 4 is 17.3 Å². The van der Waals surface area contributed by atoms with E-state index < -0.39 is 0 Å². The van der Waals surface area contributed by atoms with Crippen molar-refractivity contribution in [3.8, 4) is 0 Å². The molecule has 0 aliphatic heterocycles. The van der Waals surface area contributed by atoms with Crippen molar-refractivity contribution in [3.63, 3.8) is 0 Å². The van der Waals surface area contributed by atoms with Crippen LogP contribution in [0.25, 0.3) is 0 Å². The highest BCUT2D eigenvalue weighted by Gasteiger charge is 2.51. The van der Waals surface area contributed by atoms with Gasteiger partial charge in [-0.2, -0.15) is 0 Å². The third-order valence-corrected chi connectivity index (χ3v) is 7.29. The average molecular weight is 405 g/mol. The van der Waals surface area contributed by atoms with Crippen LogP contribution in [-0.4, -0.2) is 18.1 Å². The summed E-state index contributed by atoms with van der Waals surface area (Å²) in [5.41, 5.74) is 4.15. The number of hydrogen-bond donors (Lipinski definition) is 2. The Morgan fingerprint density at radius 2 is 1.63 bits per heavy atom. The first kappa shape index (κ1) is 19.5. The highest BCUT2D eigenvalue weighted by molar-refractivity contribution is 5.92. The van der Waals surface area contributed by atoms with Crippen LogP contribution >= 0.6 is 0 Å². The Morgan fingerprint density at radius 1 is 0.967 bits per heavy atom. The SMILES string of the molecule is CCOC(=O)c1ccc(NC23CC4CC(CC(C4)C2)C3)c(NCc2ccccc2)c1. The summed E-state index contributed by atoms with van der Waals surface area (Å²) in [6.07, 6.45) is 8.16. The summed E-state index contributed by atoms with van der Waals surface area (Å²) in [5.74, 6) is 2.41. The van der Waals surface area contributed by atoms with Gasteiger partial charge in [-0.3, -0.25) is 0 Å². The van der Waals surface area contributed by atoms with Gasteiger partial charge in [-0.05, 0) is 87.0 Å². The Morgan fingerprint density at radius 3 is 2.27 bits per heavy atom. The molecule has 2 aromatic carbocycles. The second-order valence-corrected chi connectivity index (χ2v) is 9.64. The molecular weight excluding hydrogens is 372 g/mol. The zero-order valence-electron chi connectivity index (χ0n) is 17.8. The number of anilines is 2. The van der Waals surface area contributed by atoms with Crippen LogP contribution in [0, 0.1) is 17.8 Å². The van der Waals surface area contributed by atoms with Gasteiger partial charge in [-0.1, -0.05) is 30.3 Å². The molecule has 0 spiro atoms. The molecule has 0 amide bonds. The van der Waals surface area contributed by atoms with Gasteiger partial charge < -0.3 is 15.4 Å². The molecule has 4 nitrogen and oxygen atoms in total. The van der Waals surface area contributed by atoms with Crippen LogP contribution in [0.2, 0.25) is 0 Å². The summed E-state index contributed by atoms with van der Waals surface area (Å²) in [6, 6.07) is 16.3. The van der Waals surface area contributed by atoms with E-state index in [1.54, 1.807) is 0 Å². The predicted molar refractivity (Wildman–Crippen MR) is 121 cm³/mol. The van der Waals surface area contributed by atoms with E-state index in [2.05, 4.69) is 41.0 Å². The molecule has 0 atom stereocenters. The minimum Gasteiger partial charge on any atom is -0.462 e. The van der Waals surface area contributed by atoms with Crippen molar-refractivity contribution in [2.24, 2.45) is 17.8 Å². The fraction of sp³-hybridized carbons (Fsp3) is 0.500. The van der Waals surface area contributed by atoms with Crippen LogP contribution in [0.15, 0.2) is 48.5 Å². The molecule has 4 aliphatic carbocycles. The quantitative estimate of drug-likeness (QED) is 0.568. The number of rotatable bonds is 7. The van der Waals surface area contributed by atoms with E-state index in [0.717, 1.165) is 35.7 Å². The smallest absolute Gasteiger partial charge is 0.338 e. The van der Waals surface area contributed by atoms with Gasteiger partial charge in [-0.15, -0.1) is 0 Å². The van der Waals surface area contributed by atoms with Crippen molar-refractivity contribution in [1.82, 2.24) is 0 Å². The Kier molecular flexibility index (Phi) is 5.18. The highest BCUT2D eigenvalue weighted by Crippen LogP contribution is 2.56. The van der Waals surface area contributed by atoms with E-state index in [4.69, 9.17) is 4.74 Å². The van der Waals surface area contributed by atoms with Crippen LogP contribution < -0.4 is 10.6 Å². The lowest BCUT2D eigenvalue weighted by Crippen LogP contribution is -2.54. The summed E-state index contributed by atoms with van der Waals surface area (Å²) in [7, 11) is 0. The van der Waals surface area contributed by atoms with Crippen molar-refractivity contribution < 1.29 is 9.53 Å². The summed E-state index contributed by atoms with van der Waals surface area (Å²) in [4.78, 5) is 12.3. The maximum Gasteiger partial charge on any atom is 0.338 e. The van der Waals surface area contributed by atoms with E-state index in [1.807, 2.05) is 25.1 Å². The van der Waals surface area contributed by atoms with Gasteiger partial charge in [0.25, 0.3) is 0 Å². The molecule has 2 aromatic rings. The molecular formula is C26H32N2O2. The van der Waals surface area contributed by atoms with E-state index >= 15 is 0 Å². The molecule has 4 aliphatic rings. The molecule has 4 fully saturated rings. The fourth-order valence-electron chi connectivity index (χ4n) is 6.48. The second kappa shape index (κ2) is 7.98. The molecule has 0 aromatic heterocycles. The molecule has 4 heteroatoms. The Balaban J connectivity index is 1.41. The van der Waals surface area contributed by atoms with E-state index in [1.165, 1.54) is 44.1 Å². The van der Waals surface area contributed by atoms with Crippen LogP contribution in [-0.2, 0) is 11.3 Å². The predicted octanol–water partition coefficient (Wildman–Crippen LogP) is 5.86. The average Bonchev–Trinajstić information content (AvgIpc) is 2.72. The maximum absolute atomic E-state index is 12.3. The normalized spacial score (nSPS) is 28.9. The molecule has 0 unspecified atom stereocenters. The molecule has 0 heterocycles. The number of carbonyl (C=O) groups excluding carboxylic acids is 1. The summed E-state index contributed by atoms with van der Waals surface area (Å²) in [6.45, 7) is 2.96. The first-order valence-electron chi connectivity index (χ1n) is 11.5. The number of hydrogen-bond acceptors (Lipinski definition) is 4.